The molecular weight excluding hydrogens is 162 g/mol. The molecule has 0 aromatic heterocycles. The second-order valence-corrected chi connectivity index (χ2v) is 2.87. The van der Waals surface area contributed by atoms with E-state index >= 15 is 0 Å². The number of benzene rings is 1. The Morgan fingerprint density at radius 3 is 3.15 bits per heavy atom. The van der Waals surface area contributed by atoms with Gasteiger partial charge in [0.15, 0.2) is 6.73 Å². The summed E-state index contributed by atoms with van der Waals surface area (Å²) in [5.41, 5.74) is 2.16. The molecule has 0 fully saturated rings. The van der Waals surface area contributed by atoms with Gasteiger partial charge in [0, 0.05) is 12.0 Å². The number of allylic oxidation sites excluding steroid dienone is 1. The van der Waals surface area contributed by atoms with E-state index in [0.29, 0.717) is 6.73 Å². The van der Waals surface area contributed by atoms with Crippen LogP contribution >= 0.6 is 0 Å². The van der Waals surface area contributed by atoms with Gasteiger partial charge in [-0.05, 0) is 12.1 Å². The first kappa shape index (κ1) is 8.05. The van der Waals surface area contributed by atoms with Crippen LogP contribution in [0.5, 0.6) is 5.75 Å². The van der Waals surface area contributed by atoms with Crippen LogP contribution in [0.15, 0.2) is 41.9 Å². The van der Waals surface area contributed by atoms with Crippen molar-refractivity contribution in [1.82, 2.24) is 0 Å². The lowest BCUT2D eigenvalue weighted by Gasteiger charge is -2.16. The predicted octanol–water partition coefficient (Wildman–Crippen LogP) is 2.40. The van der Waals surface area contributed by atoms with Gasteiger partial charge >= 0.3 is 0 Å². The van der Waals surface area contributed by atoms with Gasteiger partial charge in [0.2, 0.25) is 0 Å². The standard InChI is InChI=1S/C11H11NO/c1-2-5-10-9-6-3-4-7-11(9)13-8-12-10/h2-4,6-7H,1,5,8H2. The fourth-order valence-corrected chi connectivity index (χ4v) is 1.41. The first-order valence-electron chi connectivity index (χ1n) is 4.28. The summed E-state index contributed by atoms with van der Waals surface area (Å²) in [6, 6.07) is 7.95. The summed E-state index contributed by atoms with van der Waals surface area (Å²) in [4.78, 5) is 4.28. The molecule has 0 unspecified atom stereocenters. The Kier molecular flexibility index (Phi) is 2.13. The fourth-order valence-electron chi connectivity index (χ4n) is 1.41. The molecule has 0 spiro atoms. The summed E-state index contributed by atoms with van der Waals surface area (Å²) in [5, 5.41) is 0. The van der Waals surface area contributed by atoms with Crippen LogP contribution in [0.25, 0.3) is 0 Å². The first-order chi connectivity index (χ1) is 6.42. The van der Waals surface area contributed by atoms with Gasteiger partial charge in [-0.3, -0.25) is 0 Å². The van der Waals surface area contributed by atoms with Crippen LogP contribution in [0.2, 0.25) is 0 Å². The highest BCUT2D eigenvalue weighted by atomic mass is 16.5. The van der Waals surface area contributed by atoms with Gasteiger partial charge in [-0.1, -0.05) is 18.2 Å². The molecule has 1 heterocycles. The van der Waals surface area contributed by atoms with Crippen LogP contribution in [0.1, 0.15) is 12.0 Å². The summed E-state index contributed by atoms with van der Waals surface area (Å²) in [7, 11) is 0. The number of rotatable bonds is 2. The summed E-state index contributed by atoms with van der Waals surface area (Å²) in [5.74, 6) is 0.925. The Labute approximate surface area is 77.6 Å². The molecule has 1 aromatic rings. The molecule has 0 aliphatic carbocycles. The van der Waals surface area contributed by atoms with Gasteiger partial charge in [0.1, 0.15) is 5.75 Å². The Morgan fingerprint density at radius 2 is 2.31 bits per heavy atom. The van der Waals surface area contributed by atoms with Gasteiger partial charge in [0.05, 0.1) is 5.71 Å². The number of nitrogens with zero attached hydrogens (tertiary/aromatic N) is 1. The average molecular weight is 173 g/mol. The molecule has 0 atom stereocenters. The summed E-state index contributed by atoms with van der Waals surface area (Å²) >= 11 is 0. The molecule has 1 aliphatic rings. The highest BCUT2D eigenvalue weighted by Crippen LogP contribution is 2.23. The lowest BCUT2D eigenvalue weighted by molar-refractivity contribution is 0.324. The van der Waals surface area contributed by atoms with Gasteiger partial charge in [-0.2, -0.15) is 0 Å². The molecule has 0 bridgehead atoms. The smallest absolute Gasteiger partial charge is 0.179 e. The second kappa shape index (κ2) is 3.44. The van der Waals surface area contributed by atoms with E-state index < -0.39 is 0 Å². The van der Waals surface area contributed by atoms with E-state index in [1.165, 1.54) is 0 Å². The van der Waals surface area contributed by atoms with Crippen molar-refractivity contribution >= 4 is 5.71 Å². The Bertz CT molecular complexity index is 355. The van der Waals surface area contributed by atoms with Crippen molar-refractivity contribution in [3.05, 3.63) is 42.5 Å². The average Bonchev–Trinajstić information content (AvgIpc) is 2.19. The number of hydrogen-bond donors (Lipinski definition) is 0. The van der Waals surface area contributed by atoms with E-state index in [2.05, 4.69) is 11.6 Å². The van der Waals surface area contributed by atoms with E-state index in [-0.39, 0.29) is 0 Å². The molecule has 1 aromatic carbocycles. The van der Waals surface area contributed by atoms with E-state index in [1.54, 1.807) is 0 Å². The van der Waals surface area contributed by atoms with Crippen molar-refractivity contribution in [1.29, 1.82) is 0 Å². The molecule has 0 radical (unpaired) electrons. The van der Waals surface area contributed by atoms with Crippen LogP contribution in [0.4, 0.5) is 0 Å². The van der Waals surface area contributed by atoms with Gasteiger partial charge in [-0.15, -0.1) is 6.58 Å². The van der Waals surface area contributed by atoms with Crippen molar-refractivity contribution in [2.75, 3.05) is 6.73 Å². The minimum atomic E-state index is 0.431. The van der Waals surface area contributed by atoms with Crippen LogP contribution < -0.4 is 4.74 Å². The number of aliphatic imine (C=N–C) groups is 1. The molecule has 1 aliphatic heterocycles. The highest BCUT2D eigenvalue weighted by Gasteiger charge is 2.12. The van der Waals surface area contributed by atoms with E-state index in [1.807, 2.05) is 30.3 Å². The molecule has 2 nitrogen and oxygen atoms in total. The normalized spacial score (nSPS) is 14.0. The molecule has 0 amide bonds. The maximum absolute atomic E-state index is 5.38. The largest absolute Gasteiger partial charge is 0.471 e. The fraction of sp³-hybridized carbons (Fsp3) is 0.182. The molecule has 0 saturated heterocycles. The first-order valence-corrected chi connectivity index (χ1v) is 4.28. The molecule has 0 N–H and O–H groups in total. The Hall–Kier alpha value is -1.57. The Balaban J connectivity index is 2.41. The lowest BCUT2D eigenvalue weighted by Crippen LogP contribution is -2.12. The number of fused-ring (bicyclic) bond motifs is 1. The van der Waals surface area contributed by atoms with Gasteiger partial charge in [0.25, 0.3) is 0 Å². The number of para-hydroxylation sites is 1. The lowest BCUT2D eigenvalue weighted by atomic mass is 10.1. The third-order valence-electron chi connectivity index (χ3n) is 2.01. The zero-order valence-corrected chi connectivity index (χ0v) is 7.36. The zero-order valence-electron chi connectivity index (χ0n) is 7.36. The monoisotopic (exact) mass is 173 g/mol. The highest BCUT2D eigenvalue weighted by molar-refractivity contribution is 6.04. The molecule has 2 rings (SSSR count). The maximum atomic E-state index is 5.38. The molecular formula is C11H11NO. The van der Waals surface area contributed by atoms with Crippen LogP contribution in [-0.4, -0.2) is 12.4 Å². The van der Waals surface area contributed by atoms with E-state index in [9.17, 15) is 0 Å². The third-order valence-corrected chi connectivity index (χ3v) is 2.01. The van der Waals surface area contributed by atoms with Crippen LogP contribution in [0, 0.1) is 0 Å². The summed E-state index contributed by atoms with van der Waals surface area (Å²) < 4.78 is 5.38. The van der Waals surface area contributed by atoms with E-state index in [0.717, 1.165) is 23.4 Å². The third kappa shape index (κ3) is 1.47. The molecule has 66 valence electrons. The van der Waals surface area contributed by atoms with Crippen LogP contribution in [-0.2, 0) is 0 Å². The van der Waals surface area contributed by atoms with Crippen molar-refractivity contribution in [2.45, 2.75) is 6.42 Å². The number of hydrogen-bond acceptors (Lipinski definition) is 2. The van der Waals surface area contributed by atoms with Gasteiger partial charge in [-0.25, -0.2) is 4.99 Å². The predicted molar refractivity (Wildman–Crippen MR) is 53.3 cm³/mol. The van der Waals surface area contributed by atoms with Crippen molar-refractivity contribution < 1.29 is 4.74 Å². The number of ether oxygens (including phenoxy) is 1. The second-order valence-electron chi connectivity index (χ2n) is 2.87. The minimum absolute atomic E-state index is 0.431. The quantitative estimate of drug-likeness (QED) is 0.629. The zero-order chi connectivity index (χ0) is 9.10. The van der Waals surface area contributed by atoms with Crippen molar-refractivity contribution in [3.8, 4) is 5.75 Å². The molecule has 13 heavy (non-hydrogen) atoms. The maximum Gasteiger partial charge on any atom is 0.179 e. The van der Waals surface area contributed by atoms with E-state index in [4.69, 9.17) is 4.74 Å². The molecule has 2 heteroatoms. The summed E-state index contributed by atoms with van der Waals surface area (Å²) in [6.45, 7) is 4.14. The SMILES string of the molecule is C=CCC1=NCOc2ccccc21. The Morgan fingerprint density at radius 1 is 1.46 bits per heavy atom. The minimum Gasteiger partial charge on any atom is -0.471 e. The van der Waals surface area contributed by atoms with Gasteiger partial charge < -0.3 is 4.74 Å². The molecule has 0 saturated carbocycles. The van der Waals surface area contributed by atoms with Crippen molar-refractivity contribution in [2.24, 2.45) is 4.99 Å². The summed E-state index contributed by atoms with van der Waals surface area (Å²) in [6.07, 6.45) is 2.67. The topological polar surface area (TPSA) is 21.6 Å². The van der Waals surface area contributed by atoms with Crippen LogP contribution in [0.3, 0.4) is 0 Å². The van der Waals surface area contributed by atoms with Crippen molar-refractivity contribution in [3.63, 3.8) is 0 Å².